The van der Waals surface area contributed by atoms with Gasteiger partial charge in [0, 0.05) is 72.0 Å². The molecular formula is C26H35N5. The number of piperazine rings is 1. The van der Waals surface area contributed by atoms with Gasteiger partial charge in [0.15, 0.2) is 0 Å². The van der Waals surface area contributed by atoms with Crippen LogP contribution in [0.15, 0.2) is 36.5 Å². The summed E-state index contributed by atoms with van der Waals surface area (Å²) in [5, 5.41) is 1.36. The highest BCUT2D eigenvalue weighted by Crippen LogP contribution is 2.33. The summed E-state index contributed by atoms with van der Waals surface area (Å²) in [6, 6.07) is 12.0. The number of aromatic nitrogens is 2. The van der Waals surface area contributed by atoms with Gasteiger partial charge in [-0.15, -0.1) is 0 Å². The summed E-state index contributed by atoms with van der Waals surface area (Å²) in [6.45, 7) is 11.4. The Kier molecular flexibility index (Phi) is 5.72. The second-order valence-corrected chi connectivity index (χ2v) is 9.31. The van der Waals surface area contributed by atoms with Gasteiger partial charge in [-0.25, -0.2) is 0 Å². The SMILES string of the molecule is CCc1c(-c2ccnc(C)c2)[nH]c2ccc(N3CCN(C4CCN(C)CC4)CC3)cc12. The van der Waals surface area contributed by atoms with Gasteiger partial charge in [0.2, 0.25) is 0 Å². The Balaban J connectivity index is 1.35. The second-order valence-electron chi connectivity index (χ2n) is 9.31. The Morgan fingerprint density at radius 3 is 2.48 bits per heavy atom. The van der Waals surface area contributed by atoms with Crippen LogP contribution in [0.2, 0.25) is 0 Å². The largest absolute Gasteiger partial charge is 0.369 e. The van der Waals surface area contributed by atoms with Crippen LogP contribution in [-0.4, -0.2) is 72.1 Å². The average molecular weight is 418 g/mol. The highest BCUT2D eigenvalue weighted by Gasteiger charge is 2.26. The van der Waals surface area contributed by atoms with E-state index in [0.29, 0.717) is 0 Å². The first-order valence-electron chi connectivity index (χ1n) is 11.9. The highest BCUT2D eigenvalue weighted by molar-refractivity contribution is 5.93. The molecule has 0 amide bonds. The molecule has 1 aromatic carbocycles. The Bertz CT molecular complexity index is 1040. The van der Waals surface area contributed by atoms with E-state index in [-0.39, 0.29) is 0 Å². The maximum atomic E-state index is 4.37. The molecule has 2 saturated heterocycles. The number of aromatic amines is 1. The van der Waals surface area contributed by atoms with E-state index in [2.05, 4.69) is 75.9 Å². The summed E-state index contributed by atoms with van der Waals surface area (Å²) >= 11 is 0. The van der Waals surface area contributed by atoms with Gasteiger partial charge in [0.05, 0.1) is 0 Å². The lowest BCUT2D eigenvalue weighted by atomic mass is 10.0. The number of piperidine rings is 1. The van der Waals surface area contributed by atoms with Crippen molar-refractivity contribution in [2.75, 3.05) is 51.2 Å². The van der Waals surface area contributed by atoms with Gasteiger partial charge in [0.25, 0.3) is 0 Å². The Morgan fingerprint density at radius 1 is 1.00 bits per heavy atom. The number of benzene rings is 1. The molecule has 0 spiro atoms. The fourth-order valence-corrected chi connectivity index (χ4v) is 5.45. The molecule has 0 atom stereocenters. The number of aryl methyl sites for hydroxylation is 2. The van der Waals surface area contributed by atoms with E-state index >= 15 is 0 Å². The van der Waals surface area contributed by atoms with Crippen LogP contribution in [0.3, 0.4) is 0 Å². The van der Waals surface area contributed by atoms with Crippen LogP contribution in [0.1, 0.15) is 31.0 Å². The van der Waals surface area contributed by atoms with Crippen molar-refractivity contribution in [3.63, 3.8) is 0 Å². The topological polar surface area (TPSA) is 38.4 Å². The first-order chi connectivity index (χ1) is 15.1. The number of anilines is 1. The van der Waals surface area contributed by atoms with Crippen LogP contribution in [-0.2, 0) is 6.42 Å². The zero-order valence-corrected chi connectivity index (χ0v) is 19.2. The summed E-state index contributed by atoms with van der Waals surface area (Å²) in [6.07, 6.45) is 5.57. The fraction of sp³-hybridized carbons (Fsp3) is 0.500. The third kappa shape index (κ3) is 4.09. The van der Waals surface area contributed by atoms with Crippen LogP contribution in [0, 0.1) is 6.92 Å². The summed E-state index contributed by atoms with van der Waals surface area (Å²) in [7, 11) is 2.25. The van der Waals surface area contributed by atoms with E-state index in [1.807, 2.05) is 6.20 Å². The quantitative estimate of drug-likeness (QED) is 0.686. The predicted molar refractivity (Wildman–Crippen MR) is 130 cm³/mol. The number of nitrogens with one attached hydrogen (secondary N) is 1. The zero-order chi connectivity index (χ0) is 21.4. The van der Waals surface area contributed by atoms with Crippen molar-refractivity contribution in [2.24, 2.45) is 0 Å². The van der Waals surface area contributed by atoms with E-state index in [1.54, 1.807) is 0 Å². The van der Waals surface area contributed by atoms with Crippen molar-refractivity contribution in [3.8, 4) is 11.3 Å². The first kappa shape index (κ1) is 20.5. The molecule has 0 saturated carbocycles. The smallest absolute Gasteiger partial charge is 0.0498 e. The maximum absolute atomic E-state index is 4.37. The van der Waals surface area contributed by atoms with Crippen molar-refractivity contribution in [1.82, 2.24) is 19.8 Å². The molecule has 0 bridgehead atoms. The summed E-state index contributed by atoms with van der Waals surface area (Å²) in [5.74, 6) is 0. The number of fused-ring (bicyclic) bond motifs is 1. The Morgan fingerprint density at radius 2 is 1.77 bits per heavy atom. The number of H-pyrrole nitrogens is 1. The van der Waals surface area contributed by atoms with Crippen LogP contribution in [0.5, 0.6) is 0 Å². The normalized spacial score (nSPS) is 19.4. The number of nitrogens with zero attached hydrogens (tertiary/aromatic N) is 4. The van der Waals surface area contributed by atoms with E-state index in [0.717, 1.165) is 31.2 Å². The molecule has 5 heteroatoms. The summed E-state index contributed by atoms with van der Waals surface area (Å²) in [4.78, 5) is 15.8. The lowest BCUT2D eigenvalue weighted by Gasteiger charge is -2.42. The highest BCUT2D eigenvalue weighted by atomic mass is 15.3. The first-order valence-corrected chi connectivity index (χ1v) is 11.9. The van der Waals surface area contributed by atoms with Crippen molar-refractivity contribution in [2.45, 2.75) is 39.2 Å². The van der Waals surface area contributed by atoms with Gasteiger partial charge in [-0.1, -0.05) is 6.92 Å². The lowest BCUT2D eigenvalue weighted by molar-refractivity contribution is 0.115. The molecule has 0 radical (unpaired) electrons. The number of hydrogen-bond acceptors (Lipinski definition) is 4. The van der Waals surface area contributed by atoms with Gasteiger partial charge in [-0.05, 0) is 82.2 Å². The molecule has 1 N–H and O–H groups in total. The molecule has 4 heterocycles. The number of likely N-dealkylation sites (tertiary alicyclic amines) is 1. The molecule has 5 rings (SSSR count). The van der Waals surface area contributed by atoms with Crippen LogP contribution in [0.25, 0.3) is 22.2 Å². The molecule has 2 aliphatic rings. The monoisotopic (exact) mass is 417 g/mol. The van der Waals surface area contributed by atoms with E-state index in [9.17, 15) is 0 Å². The molecule has 164 valence electrons. The number of hydrogen-bond donors (Lipinski definition) is 1. The zero-order valence-electron chi connectivity index (χ0n) is 19.2. The van der Waals surface area contributed by atoms with Gasteiger partial charge in [-0.3, -0.25) is 9.88 Å². The van der Waals surface area contributed by atoms with E-state index < -0.39 is 0 Å². The molecule has 0 aliphatic carbocycles. The van der Waals surface area contributed by atoms with Gasteiger partial charge < -0.3 is 14.8 Å². The van der Waals surface area contributed by atoms with Gasteiger partial charge in [-0.2, -0.15) is 0 Å². The minimum absolute atomic E-state index is 0.781. The predicted octanol–water partition coefficient (Wildman–Crippen LogP) is 4.32. The molecule has 5 nitrogen and oxygen atoms in total. The molecule has 31 heavy (non-hydrogen) atoms. The standard InChI is InChI=1S/C26H35N5/c1-4-23-24-18-22(5-6-25(24)28-26(23)20-7-10-27-19(2)17-20)31-15-13-30(14-16-31)21-8-11-29(3)12-9-21/h5-7,10,17-18,21,28H,4,8-9,11-16H2,1-3H3. The molecular weight excluding hydrogens is 382 g/mol. The van der Waals surface area contributed by atoms with Crippen LogP contribution < -0.4 is 4.90 Å². The van der Waals surface area contributed by atoms with Gasteiger partial charge in [0.1, 0.15) is 0 Å². The third-order valence-electron chi connectivity index (χ3n) is 7.31. The minimum atomic E-state index is 0.781. The molecule has 2 aliphatic heterocycles. The van der Waals surface area contributed by atoms with E-state index in [4.69, 9.17) is 0 Å². The van der Waals surface area contributed by atoms with Crippen LogP contribution >= 0.6 is 0 Å². The fourth-order valence-electron chi connectivity index (χ4n) is 5.45. The average Bonchev–Trinajstić information content (AvgIpc) is 3.17. The van der Waals surface area contributed by atoms with Crippen molar-refractivity contribution in [3.05, 3.63) is 47.8 Å². The van der Waals surface area contributed by atoms with E-state index in [1.165, 1.54) is 72.4 Å². The lowest BCUT2D eigenvalue weighted by Crippen LogP contribution is -2.53. The minimum Gasteiger partial charge on any atom is -0.369 e. The molecule has 0 unspecified atom stereocenters. The summed E-state index contributed by atoms with van der Waals surface area (Å²) in [5.41, 5.74) is 7.53. The second kappa shape index (κ2) is 8.64. The Labute approximate surface area is 186 Å². The van der Waals surface area contributed by atoms with Crippen molar-refractivity contribution < 1.29 is 0 Å². The Hall–Kier alpha value is -2.37. The van der Waals surface area contributed by atoms with Gasteiger partial charge >= 0.3 is 0 Å². The third-order valence-corrected chi connectivity index (χ3v) is 7.31. The molecule has 2 aromatic heterocycles. The maximum Gasteiger partial charge on any atom is 0.0498 e. The summed E-state index contributed by atoms with van der Waals surface area (Å²) < 4.78 is 0. The van der Waals surface area contributed by atoms with Crippen LogP contribution in [0.4, 0.5) is 5.69 Å². The van der Waals surface area contributed by atoms with Crippen molar-refractivity contribution in [1.29, 1.82) is 0 Å². The van der Waals surface area contributed by atoms with Crippen molar-refractivity contribution >= 4 is 16.6 Å². The molecule has 3 aromatic rings. The number of rotatable bonds is 4. The molecule has 2 fully saturated rings. The number of pyridine rings is 1.